The van der Waals surface area contributed by atoms with Crippen molar-refractivity contribution in [1.82, 2.24) is 5.32 Å². The van der Waals surface area contributed by atoms with Gasteiger partial charge in [0.05, 0.1) is 12.7 Å². The number of aliphatic hydroxyl groups is 1. The molecule has 0 spiro atoms. The van der Waals surface area contributed by atoms with Gasteiger partial charge in [-0.25, -0.2) is 0 Å². The smallest absolute Gasteiger partial charge is 0.258 e. The second-order valence-electron chi connectivity index (χ2n) is 5.53. The minimum Gasteiger partial charge on any atom is -0.493 e. The lowest BCUT2D eigenvalue weighted by molar-refractivity contribution is -0.123. The van der Waals surface area contributed by atoms with Gasteiger partial charge in [-0.3, -0.25) is 4.79 Å². The monoisotopic (exact) mass is 347 g/mol. The molecule has 2 aromatic carbocycles. The van der Waals surface area contributed by atoms with E-state index in [2.05, 4.69) is 5.32 Å². The van der Waals surface area contributed by atoms with Crippen molar-refractivity contribution in [3.8, 4) is 11.5 Å². The van der Waals surface area contributed by atoms with Gasteiger partial charge in [-0.05, 0) is 47.5 Å². The molecule has 2 N–H and O–H groups in total. The zero-order valence-electron chi connectivity index (χ0n) is 13.0. The number of aliphatic hydroxyl groups excluding tert-OH is 1. The van der Waals surface area contributed by atoms with Gasteiger partial charge in [-0.15, -0.1) is 0 Å². The molecule has 0 bridgehead atoms. The molecular formula is C18H18ClNO4. The molecule has 0 saturated heterocycles. The number of hydrogen-bond acceptors (Lipinski definition) is 4. The van der Waals surface area contributed by atoms with Crippen LogP contribution in [0.25, 0.3) is 0 Å². The summed E-state index contributed by atoms with van der Waals surface area (Å²) in [4.78, 5) is 11.8. The number of benzene rings is 2. The van der Waals surface area contributed by atoms with Gasteiger partial charge >= 0.3 is 0 Å². The van der Waals surface area contributed by atoms with Crippen LogP contribution in [0.4, 0.5) is 0 Å². The quantitative estimate of drug-likeness (QED) is 0.842. The van der Waals surface area contributed by atoms with E-state index in [1.54, 1.807) is 24.3 Å². The molecule has 1 amide bonds. The highest BCUT2D eigenvalue weighted by Gasteiger charge is 2.16. The molecule has 24 heavy (non-hydrogen) atoms. The molecule has 5 nitrogen and oxygen atoms in total. The van der Waals surface area contributed by atoms with Crippen molar-refractivity contribution in [2.24, 2.45) is 0 Å². The number of rotatable bonds is 6. The summed E-state index contributed by atoms with van der Waals surface area (Å²) in [5.41, 5.74) is 1.85. The Hall–Kier alpha value is -2.24. The summed E-state index contributed by atoms with van der Waals surface area (Å²) in [7, 11) is 0. The van der Waals surface area contributed by atoms with Crippen LogP contribution in [0.15, 0.2) is 42.5 Å². The molecule has 0 radical (unpaired) electrons. The highest BCUT2D eigenvalue weighted by Crippen LogP contribution is 2.28. The number of nitrogens with one attached hydrogen (secondary N) is 1. The summed E-state index contributed by atoms with van der Waals surface area (Å²) in [5.74, 6) is 1.13. The molecule has 1 heterocycles. The van der Waals surface area contributed by atoms with Gasteiger partial charge in [0.25, 0.3) is 5.91 Å². The zero-order valence-corrected chi connectivity index (χ0v) is 13.8. The first-order valence-electron chi connectivity index (χ1n) is 7.70. The minimum atomic E-state index is -0.768. The first kappa shape index (κ1) is 16.6. The second kappa shape index (κ2) is 7.55. The van der Waals surface area contributed by atoms with Gasteiger partial charge in [0.1, 0.15) is 11.5 Å². The fourth-order valence-electron chi connectivity index (χ4n) is 2.47. The number of ether oxygens (including phenoxy) is 2. The first-order chi connectivity index (χ1) is 11.6. The van der Waals surface area contributed by atoms with E-state index in [0.29, 0.717) is 17.4 Å². The lowest BCUT2D eigenvalue weighted by Gasteiger charge is -2.13. The van der Waals surface area contributed by atoms with E-state index < -0.39 is 6.10 Å². The summed E-state index contributed by atoms with van der Waals surface area (Å²) in [6.45, 7) is 0.683. The highest BCUT2D eigenvalue weighted by atomic mass is 35.5. The van der Waals surface area contributed by atoms with Gasteiger partial charge in [0.2, 0.25) is 0 Å². The zero-order chi connectivity index (χ0) is 16.9. The molecule has 0 unspecified atom stereocenters. The predicted molar refractivity (Wildman–Crippen MR) is 90.6 cm³/mol. The molecule has 0 aromatic heterocycles. The van der Waals surface area contributed by atoms with Crippen LogP contribution >= 0.6 is 11.6 Å². The van der Waals surface area contributed by atoms with Crippen molar-refractivity contribution >= 4 is 17.5 Å². The van der Waals surface area contributed by atoms with Gasteiger partial charge in [0, 0.05) is 18.0 Å². The van der Waals surface area contributed by atoms with Crippen molar-refractivity contribution in [1.29, 1.82) is 0 Å². The maximum Gasteiger partial charge on any atom is 0.258 e. The fraction of sp³-hybridized carbons (Fsp3) is 0.278. The molecule has 2 aromatic rings. The third-order valence-corrected chi connectivity index (χ3v) is 4.03. The van der Waals surface area contributed by atoms with Crippen LogP contribution in [0.5, 0.6) is 11.5 Å². The maximum atomic E-state index is 11.8. The number of carbonyl (C=O) groups is 1. The number of carbonyl (C=O) groups excluding carboxylic acids is 1. The summed E-state index contributed by atoms with van der Waals surface area (Å²) in [6.07, 6.45) is 0.0763. The van der Waals surface area contributed by atoms with Crippen molar-refractivity contribution in [3.63, 3.8) is 0 Å². The van der Waals surface area contributed by atoms with Gasteiger partial charge in [-0.2, -0.15) is 0 Å². The standard InChI is InChI=1S/C18H18ClNO4/c19-14-2-4-15(5-3-14)24-11-18(22)20-10-16(21)12-1-6-17-13(9-12)7-8-23-17/h1-6,9,16,21H,7-8,10-11H2,(H,20,22)/t16-/m1/s1. The Morgan fingerprint density at radius 2 is 2.08 bits per heavy atom. The molecule has 1 atom stereocenters. The molecule has 3 rings (SSSR count). The topological polar surface area (TPSA) is 67.8 Å². The Morgan fingerprint density at radius 1 is 1.29 bits per heavy atom. The number of fused-ring (bicyclic) bond motifs is 1. The van der Waals surface area contributed by atoms with E-state index in [1.165, 1.54) is 0 Å². The fourth-order valence-corrected chi connectivity index (χ4v) is 2.60. The second-order valence-corrected chi connectivity index (χ2v) is 5.96. The van der Waals surface area contributed by atoms with Crippen molar-refractivity contribution < 1.29 is 19.4 Å². The lowest BCUT2D eigenvalue weighted by atomic mass is 10.0. The van der Waals surface area contributed by atoms with Crippen LogP contribution in [0.2, 0.25) is 5.02 Å². The number of hydrogen-bond donors (Lipinski definition) is 2. The Morgan fingerprint density at radius 3 is 2.88 bits per heavy atom. The molecule has 6 heteroatoms. The summed E-state index contributed by atoms with van der Waals surface area (Å²) >= 11 is 5.78. The average molecular weight is 348 g/mol. The van der Waals surface area contributed by atoms with Crippen LogP contribution in [0.1, 0.15) is 17.2 Å². The largest absolute Gasteiger partial charge is 0.493 e. The third-order valence-electron chi connectivity index (χ3n) is 3.77. The van der Waals surface area contributed by atoms with Crippen LogP contribution in [-0.4, -0.2) is 30.8 Å². The van der Waals surface area contributed by atoms with E-state index in [1.807, 2.05) is 18.2 Å². The maximum absolute atomic E-state index is 11.8. The summed E-state index contributed by atoms with van der Waals surface area (Å²) < 4.78 is 10.8. The molecule has 1 aliphatic rings. The molecule has 126 valence electrons. The van der Waals surface area contributed by atoms with Crippen LogP contribution in [-0.2, 0) is 11.2 Å². The van der Waals surface area contributed by atoms with E-state index in [-0.39, 0.29) is 19.1 Å². The van der Waals surface area contributed by atoms with Crippen molar-refractivity contribution in [2.45, 2.75) is 12.5 Å². The van der Waals surface area contributed by atoms with Gasteiger partial charge in [0.15, 0.2) is 6.61 Å². The number of amides is 1. The molecular weight excluding hydrogens is 330 g/mol. The number of halogens is 1. The minimum absolute atomic E-state index is 0.119. The Balaban J connectivity index is 1.46. The third kappa shape index (κ3) is 4.19. The van der Waals surface area contributed by atoms with E-state index in [9.17, 15) is 9.90 Å². The Kier molecular flexibility index (Phi) is 5.23. The van der Waals surface area contributed by atoms with Crippen molar-refractivity contribution in [2.75, 3.05) is 19.8 Å². The Labute approximate surface area is 145 Å². The molecule has 0 saturated carbocycles. The van der Waals surface area contributed by atoms with Gasteiger partial charge < -0.3 is 19.9 Å². The molecule has 1 aliphatic heterocycles. The van der Waals surface area contributed by atoms with Crippen molar-refractivity contribution in [3.05, 3.63) is 58.6 Å². The SMILES string of the molecule is O=C(COc1ccc(Cl)cc1)NC[C@@H](O)c1ccc2c(c1)CCO2. The van der Waals surface area contributed by atoms with Gasteiger partial charge in [-0.1, -0.05) is 17.7 Å². The average Bonchev–Trinajstić information content (AvgIpc) is 3.06. The van der Waals surface area contributed by atoms with Crippen LogP contribution in [0, 0.1) is 0 Å². The predicted octanol–water partition coefficient (Wildman–Crippen LogP) is 2.50. The highest BCUT2D eigenvalue weighted by molar-refractivity contribution is 6.30. The molecule has 0 fully saturated rings. The van der Waals surface area contributed by atoms with Crippen LogP contribution in [0.3, 0.4) is 0 Å². The molecule has 0 aliphatic carbocycles. The summed E-state index contributed by atoms with van der Waals surface area (Å²) in [6, 6.07) is 12.3. The van der Waals surface area contributed by atoms with Crippen LogP contribution < -0.4 is 14.8 Å². The first-order valence-corrected chi connectivity index (χ1v) is 8.08. The Bertz CT molecular complexity index is 717. The van der Waals surface area contributed by atoms with E-state index in [4.69, 9.17) is 21.1 Å². The van der Waals surface area contributed by atoms with E-state index in [0.717, 1.165) is 23.3 Å². The summed E-state index contributed by atoms with van der Waals surface area (Å²) in [5, 5.41) is 13.5. The van der Waals surface area contributed by atoms with E-state index >= 15 is 0 Å². The lowest BCUT2D eigenvalue weighted by Crippen LogP contribution is -2.32. The normalized spacial score (nSPS) is 13.8.